The minimum Gasteiger partial charge on any atom is -0.508 e. The molecule has 1 aliphatic heterocycles. The highest BCUT2D eigenvalue weighted by atomic mass is 16.3. The second-order valence-electron chi connectivity index (χ2n) is 5.93. The zero-order valence-electron chi connectivity index (χ0n) is 13.0. The highest BCUT2D eigenvalue weighted by Gasteiger charge is 2.29. The molecule has 1 amide bonds. The van der Waals surface area contributed by atoms with Crippen LogP contribution in [0.3, 0.4) is 0 Å². The van der Waals surface area contributed by atoms with Crippen molar-refractivity contribution in [3.8, 4) is 5.75 Å². The van der Waals surface area contributed by atoms with Crippen molar-refractivity contribution in [2.24, 2.45) is 11.7 Å². The van der Waals surface area contributed by atoms with Crippen LogP contribution in [0.5, 0.6) is 5.75 Å². The van der Waals surface area contributed by atoms with Crippen LogP contribution in [0.2, 0.25) is 0 Å². The van der Waals surface area contributed by atoms with Crippen LogP contribution in [0, 0.1) is 5.92 Å². The molecule has 1 fully saturated rings. The summed E-state index contributed by atoms with van der Waals surface area (Å²) >= 11 is 0. The maximum absolute atomic E-state index is 11.4. The van der Waals surface area contributed by atoms with Crippen molar-refractivity contribution < 1.29 is 9.90 Å². The maximum Gasteiger partial charge on any atom is 0.222 e. The van der Waals surface area contributed by atoms with Gasteiger partial charge in [0.1, 0.15) is 5.75 Å². The lowest BCUT2D eigenvalue weighted by Gasteiger charge is -2.38. The molecule has 0 aromatic heterocycles. The summed E-state index contributed by atoms with van der Waals surface area (Å²) in [6.07, 6.45) is 1.77. The van der Waals surface area contributed by atoms with Crippen LogP contribution in [0.1, 0.15) is 38.3 Å². The maximum atomic E-state index is 11.4. The van der Waals surface area contributed by atoms with Gasteiger partial charge in [-0.25, -0.2) is 0 Å². The van der Waals surface area contributed by atoms with E-state index in [0.29, 0.717) is 12.6 Å². The molecule has 1 aliphatic rings. The summed E-state index contributed by atoms with van der Waals surface area (Å²) in [7, 11) is 1.86. The van der Waals surface area contributed by atoms with Gasteiger partial charge in [0.15, 0.2) is 0 Å². The minimum atomic E-state index is -0.239. The summed E-state index contributed by atoms with van der Waals surface area (Å²) in [5.74, 6) is -0.0708. The molecule has 3 atom stereocenters. The molecule has 0 spiro atoms. The number of hydrogen-bond donors (Lipinski definition) is 3. The molecule has 2 rings (SSSR count). The molecular weight excluding hydrogens is 266 g/mol. The van der Waals surface area contributed by atoms with Crippen molar-refractivity contribution in [3.05, 3.63) is 23.8 Å². The van der Waals surface area contributed by atoms with E-state index in [1.54, 1.807) is 6.07 Å². The quantitative estimate of drug-likeness (QED) is 0.790. The second kappa shape index (κ2) is 6.35. The van der Waals surface area contributed by atoms with Gasteiger partial charge in [0.25, 0.3) is 0 Å². The van der Waals surface area contributed by atoms with Gasteiger partial charge in [0, 0.05) is 35.9 Å². The molecule has 1 saturated heterocycles. The van der Waals surface area contributed by atoms with Gasteiger partial charge < -0.3 is 21.1 Å². The summed E-state index contributed by atoms with van der Waals surface area (Å²) in [6.45, 7) is 4.76. The van der Waals surface area contributed by atoms with Crippen molar-refractivity contribution in [2.75, 3.05) is 18.5 Å². The number of nitrogens with zero attached hydrogens (tertiary/aromatic N) is 1. The summed E-state index contributed by atoms with van der Waals surface area (Å²) in [5.41, 5.74) is 7.26. The Balaban J connectivity index is 2.24. The standard InChI is InChI=1S/C16H25N3O2/c1-10-4-5-12(16(17)21)9-19(10)13-6-7-14(11(2)18-3)15(20)8-13/h6-8,10-12,18,20H,4-5,9H2,1-3H3,(H2,17,21). The molecule has 0 saturated carbocycles. The normalized spacial score (nSPS) is 23.9. The fraction of sp³-hybridized carbons (Fsp3) is 0.562. The summed E-state index contributed by atoms with van der Waals surface area (Å²) < 4.78 is 0. The van der Waals surface area contributed by atoms with E-state index in [-0.39, 0.29) is 23.6 Å². The van der Waals surface area contributed by atoms with Crippen LogP contribution >= 0.6 is 0 Å². The average Bonchev–Trinajstić information content (AvgIpc) is 2.46. The first kappa shape index (κ1) is 15.6. The van der Waals surface area contributed by atoms with Gasteiger partial charge in [0.2, 0.25) is 5.91 Å². The van der Waals surface area contributed by atoms with E-state index in [2.05, 4.69) is 17.1 Å². The van der Waals surface area contributed by atoms with Gasteiger partial charge in [-0.2, -0.15) is 0 Å². The number of anilines is 1. The molecule has 5 heteroatoms. The zero-order valence-corrected chi connectivity index (χ0v) is 13.0. The third kappa shape index (κ3) is 3.29. The van der Waals surface area contributed by atoms with E-state index in [1.165, 1.54) is 0 Å². The Bertz CT molecular complexity index is 518. The van der Waals surface area contributed by atoms with Crippen molar-refractivity contribution in [2.45, 2.75) is 38.8 Å². The average molecular weight is 291 g/mol. The number of rotatable bonds is 4. The smallest absolute Gasteiger partial charge is 0.222 e. The third-order valence-corrected chi connectivity index (χ3v) is 4.53. The first-order valence-corrected chi connectivity index (χ1v) is 7.50. The Morgan fingerprint density at radius 2 is 2.19 bits per heavy atom. The predicted octanol–water partition coefficient (Wildman–Crippen LogP) is 1.76. The van der Waals surface area contributed by atoms with Crippen molar-refractivity contribution in [1.29, 1.82) is 0 Å². The van der Waals surface area contributed by atoms with E-state index < -0.39 is 0 Å². The number of aromatic hydroxyl groups is 1. The van der Waals surface area contributed by atoms with Gasteiger partial charge in [-0.3, -0.25) is 4.79 Å². The van der Waals surface area contributed by atoms with Gasteiger partial charge >= 0.3 is 0 Å². The molecule has 0 radical (unpaired) electrons. The van der Waals surface area contributed by atoms with E-state index in [1.807, 2.05) is 26.1 Å². The molecule has 0 bridgehead atoms. The van der Waals surface area contributed by atoms with Gasteiger partial charge in [-0.1, -0.05) is 6.07 Å². The lowest BCUT2D eigenvalue weighted by molar-refractivity contribution is -0.122. The number of benzene rings is 1. The van der Waals surface area contributed by atoms with Gasteiger partial charge in [0.05, 0.1) is 5.92 Å². The fourth-order valence-electron chi connectivity index (χ4n) is 2.93. The Kier molecular flexibility index (Phi) is 4.73. The van der Waals surface area contributed by atoms with Crippen molar-refractivity contribution in [3.63, 3.8) is 0 Å². The molecule has 4 N–H and O–H groups in total. The largest absolute Gasteiger partial charge is 0.508 e. The van der Waals surface area contributed by atoms with Gasteiger partial charge in [-0.15, -0.1) is 0 Å². The number of phenolic OH excluding ortho intramolecular Hbond substituents is 1. The first-order valence-electron chi connectivity index (χ1n) is 7.50. The lowest BCUT2D eigenvalue weighted by Crippen LogP contribution is -2.45. The summed E-state index contributed by atoms with van der Waals surface area (Å²) in [4.78, 5) is 13.6. The first-order chi connectivity index (χ1) is 9.93. The van der Waals surface area contributed by atoms with E-state index in [4.69, 9.17) is 5.73 Å². The molecule has 1 aromatic carbocycles. The molecule has 1 heterocycles. The number of nitrogens with one attached hydrogen (secondary N) is 1. The second-order valence-corrected chi connectivity index (χ2v) is 5.93. The number of amides is 1. The van der Waals surface area contributed by atoms with Crippen LogP contribution in [-0.2, 0) is 4.79 Å². The molecule has 1 aromatic rings. The molecule has 3 unspecified atom stereocenters. The number of piperidine rings is 1. The predicted molar refractivity (Wildman–Crippen MR) is 84.3 cm³/mol. The Labute approximate surface area is 126 Å². The minimum absolute atomic E-state index is 0.0937. The van der Waals surface area contributed by atoms with Crippen LogP contribution in [0.15, 0.2) is 18.2 Å². The van der Waals surface area contributed by atoms with E-state index in [9.17, 15) is 9.90 Å². The number of carbonyl (C=O) groups excluding carboxylic acids is 1. The Hall–Kier alpha value is -1.75. The number of phenols is 1. The molecule has 116 valence electrons. The lowest BCUT2D eigenvalue weighted by atomic mass is 9.92. The summed E-state index contributed by atoms with van der Waals surface area (Å²) in [6, 6.07) is 6.15. The third-order valence-electron chi connectivity index (χ3n) is 4.53. The molecule has 21 heavy (non-hydrogen) atoms. The molecule has 5 nitrogen and oxygen atoms in total. The van der Waals surface area contributed by atoms with Crippen molar-refractivity contribution in [1.82, 2.24) is 5.32 Å². The topological polar surface area (TPSA) is 78.6 Å². The van der Waals surface area contributed by atoms with Crippen LogP contribution in [0.25, 0.3) is 0 Å². The van der Waals surface area contributed by atoms with E-state index in [0.717, 1.165) is 24.1 Å². The number of primary amides is 1. The molecule has 0 aliphatic carbocycles. The monoisotopic (exact) mass is 291 g/mol. The van der Waals surface area contributed by atoms with Crippen LogP contribution in [-0.4, -0.2) is 30.6 Å². The molecular formula is C16H25N3O2. The number of hydrogen-bond acceptors (Lipinski definition) is 4. The van der Waals surface area contributed by atoms with Crippen molar-refractivity contribution >= 4 is 11.6 Å². The van der Waals surface area contributed by atoms with Gasteiger partial charge in [-0.05, 0) is 39.8 Å². The SMILES string of the molecule is CNC(C)c1ccc(N2CC(C(N)=O)CCC2C)cc1O. The highest BCUT2D eigenvalue weighted by Crippen LogP contribution is 2.33. The Morgan fingerprint density at radius 3 is 2.76 bits per heavy atom. The zero-order chi connectivity index (χ0) is 15.6. The number of carbonyl (C=O) groups is 1. The summed E-state index contributed by atoms with van der Waals surface area (Å²) in [5, 5.41) is 13.3. The number of nitrogens with two attached hydrogens (primary N) is 1. The van der Waals surface area contributed by atoms with Crippen LogP contribution in [0.4, 0.5) is 5.69 Å². The van der Waals surface area contributed by atoms with Crippen LogP contribution < -0.4 is 16.0 Å². The highest BCUT2D eigenvalue weighted by molar-refractivity contribution is 5.77. The fourth-order valence-corrected chi connectivity index (χ4v) is 2.93. The Morgan fingerprint density at radius 1 is 1.48 bits per heavy atom. The van der Waals surface area contributed by atoms with E-state index >= 15 is 0 Å².